The summed E-state index contributed by atoms with van der Waals surface area (Å²) in [5.74, 6) is 0.123. The number of hydrogen-bond acceptors (Lipinski definition) is 6. The Morgan fingerprint density at radius 1 is 0.930 bits per heavy atom. The second kappa shape index (κ2) is 12.1. The van der Waals surface area contributed by atoms with E-state index in [4.69, 9.17) is 9.47 Å². The van der Waals surface area contributed by atoms with Crippen molar-refractivity contribution < 1.29 is 23.0 Å². The van der Waals surface area contributed by atoms with Gasteiger partial charge >= 0.3 is 0 Å². The highest BCUT2D eigenvalue weighted by molar-refractivity contribution is 5.95. The molecule has 4 aromatic carbocycles. The fourth-order valence-electron chi connectivity index (χ4n) is 5.17. The molecule has 1 aliphatic carbocycles. The van der Waals surface area contributed by atoms with Crippen molar-refractivity contribution in [3.8, 4) is 22.6 Å². The Balaban J connectivity index is 1.25. The van der Waals surface area contributed by atoms with Crippen LogP contribution in [-0.2, 0) is 13.1 Å². The summed E-state index contributed by atoms with van der Waals surface area (Å²) in [6, 6.07) is 22.7. The summed E-state index contributed by atoms with van der Waals surface area (Å²) in [6.07, 6.45) is 3.25. The van der Waals surface area contributed by atoms with Crippen LogP contribution in [0.15, 0.2) is 85.2 Å². The molecule has 0 atom stereocenters. The maximum absolute atomic E-state index is 14.4. The van der Waals surface area contributed by atoms with Gasteiger partial charge in [-0.15, -0.1) is 0 Å². The Bertz CT molecular complexity index is 1810. The van der Waals surface area contributed by atoms with Gasteiger partial charge in [0.1, 0.15) is 35.3 Å². The number of amides is 1. The van der Waals surface area contributed by atoms with Gasteiger partial charge in [-0.1, -0.05) is 24.3 Å². The number of carbonyl (C=O) groups excluding carboxylic acids is 1. The van der Waals surface area contributed by atoms with Crippen LogP contribution in [0.2, 0.25) is 0 Å². The predicted octanol–water partition coefficient (Wildman–Crippen LogP) is 7.01. The van der Waals surface area contributed by atoms with E-state index in [0.29, 0.717) is 30.4 Å². The molecule has 1 saturated carbocycles. The quantitative estimate of drug-likeness (QED) is 0.192. The third kappa shape index (κ3) is 6.11. The first-order valence-electron chi connectivity index (χ1n) is 14.0. The van der Waals surface area contributed by atoms with Crippen LogP contribution in [0.3, 0.4) is 0 Å². The maximum atomic E-state index is 14.4. The van der Waals surface area contributed by atoms with Crippen molar-refractivity contribution in [3.05, 3.63) is 114 Å². The average Bonchev–Trinajstić information content (AvgIpc) is 3.88. The summed E-state index contributed by atoms with van der Waals surface area (Å²) in [5, 5.41) is 4.28. The first-order valence-corrected chi connectivity index (χ1v) is 14.0. The normalized spacial score (nSPS) is 12.7. The Labute approximate surface area is 248 Å². The standard InChI is InChI=1S/C34H30F2N4O3/c1-42-27-11-6-24(32(17-27)43-2)18-37-33-29-15-23(7-13-31(29)38-20-39-33)22-5-3-4-21(14-22)19-40(26-9-10-26)34(41)28-12-8-25(35)16-30(28)36/h3-8,11-17,20,26H,9-10,18-19H2,1-2H3,(H,37,38,39). The molecule has 0 spiro atoms. The lowest BCUT2D eigenvalue weighted by molar-refractivity contribution is 0.0725. The molecule has 0 unspecified atom stereocenters. The van der Waals surface area contributed by atoms with Gasteiger partial charge in [0.15, 0.2) is 0 Å². The number of methoxy groups -OCH3 is 2. The monoisotopic (exact) mass is 580 g/mol. The highest BCUT2D eigenvalue weighted by Gasteiger charge is 2.34. The minimum atomic E-state index is -0.849. The summed E-state index contributed by atoms with van der Waals surface area (Å²) in [6.45, 7) is 0.806. The highest BCUT2D eigenvalue weighted by atomic mass is 19.1. The van der Waals surface area contributed by atoms with Gasteiger partial charge in [-0.2, -0.15) is 0 Å². The molecule has 9 heteroatoms. The number of fused-ring (bicyclic) bond motifs is 1. The number of nitrogens with zero attached hydrogens (tertiary/aromatic N) is 3. The SMILES string of the molecule is COc1ccc(CNc2ncnc3ccc(-c4cccc(CN(C(=O)c5ccc(F)cc5F)C5CC5)c4)cc23)c(OC)c1. The second-order valence-corrected chi connectivity index (χ2v) is 10.5. The summed E-state index contributed by atoms with van der Waals surface area (Å²) in [4.78, 5) is 23.9. The number of nitrogens with one attached hydrogen (secondary N) is 1. The molecule has 0 bridgehead atoms. The zero-order valence-electron chi connectivity index (χ0n) is 23.8. The number of anilines is 1. The summed E-state index contributed by atoms with van der Waals surface area (Å²) >= 11 is 0. The topological polar surface area (TPSA) is 76.6 Å². The summed E-state index contributed by atoms with van der Waals surface area (Å²) in [7, 11) is 3.24. The first kappa shape index (κ1) is 28.1. The van der Waals surface area contributed by atoms with Gasteiger partial charge in [0.25, 0.3) is 5.91 Å². The van der Waals surface area contributed by atoms with Gasteiger partial charge in [-0.05, 0) is 72.0 Å². The van der Waals surface area contributed by atoms with Crippen LogP contribution in [-0.4, -0.2) is 41.0 Å². The van der Waals surface area contributed by atoms with Crippen LogP contribution in [0.1, 0.15) is 34.3 Å². The zero-order chi connectivity index (χ0) is 29.9. The third-order valence-electron chi connectivity index (χ3n) is 7.60. The largest absolute Gasteiger partial charge is 0.497 e. The average molecular weight is 581 g/mol. The van der Waals surface area contributed by atoms with Crippen molar-refractivity contribution in [2.45, 2.75) is 32.0 Å². The molecule has 1 N–H and O–H groups in total. The van der Waals surface area contributed by atoms with Crippen LogP contribution in [0, 0.1) is 11.6 Å². The van der Waals surface area contributed by atoms with Crippen molar-refractivity contribution in [2.75, 3.05) is 19.5 Å². The Kier molecular flexibility index (Phi) is 7.87. The smallest absolute Gasteiger partial charge is 0.257 e. The molecule has 0 aliphatic heterocycles. The van der Waals surface area contributed by atoms with E-state index >= 15 is 0 Å². The van der Waals surface area contributed by atoms with E-state index in [1.165, 1.54) is 12.4 Å². The number of carbonyl (C=O) groups is 1. The van der Waals surface area contributed by atoms with Crippen LogP contribution in [0.25, 0.3) is 22.0 Å². The molecule has 1 aliphatic rings. The molecule has 0 radical (unpaired) electrons. The number of halogens is 2. The lowest BCUT2D eigenvalue weighted by atomic mass is 10.0. The molecule has 1 aromatic heterocycles. The van der Waals surface area contributed by atoms with Crippen LogP contribution in [0.5, 0.6) is 11.5 Å². The minimum Gasteiger partial charge on any atom is -0.497 e. The van der Waals surface area contributed by atoms with Gasteiger partial charge in [-0.25, -0.2) is 18.7 Å². The van der Waals surface area contributed by atoms with Crippen molar-refractivity contribution >= 4 is 22.6 Å². The van der Waals surface area contributed by atoms with Crippen LogP contribution >= 0.6 is 0 Å². The number of ether oxygens (including phenoxy) is 2. The summed E-state index contributed by atoms with van der Waals surface area (Å²) in [5.41, 5.74) is 4.46. The molecule has 1 fully saturated rings. The van der Waals surface area contributed by atoms with E-state index in [2.05, 4.69) is 15.3 Å². The lowest BCUT2D eigenvalue weighted by Crippen LogP contribution is -2.33. The summed E-state index contributed by atoms with van der Waals surface area (Å²) < 4.78 is 38.7. The first-order chi connectivity index (χ1) is 20.9. The molecule has 43 heavy (non-hydrogen) atoms. The molecular weight excluding hydrogens is 550 g/mol. The molecule has 1 amide bonds. The maximum Gasteiger partial charge on any atom is 0.257 e. The Morgan fingerprint density at radius 3 is 2.53 bits per heavy atom. The van der Waals surface area contributed by atoms with Gasteiger partial charge < -0.3 is 19.7 Å². The van der Waals surface area contributed by atoms with E-state index in [1.807, 2.05) is 60.7 Å². The molecule has 218 valence electrons. The predicted molar refractivity (Wildman–Crippen MR) is 161 cm³/mol. The van der Waals surface area contributed by atoms with Gasteiger partial charge in [0, 0.05) is 42.2 Å². The van der Waals surface area contributed by atoms with E-state index in [-0.39, 0.29) is 11.6 Å². The minimum absolute atomic E-state index is 0.0383. The fraction of sp³-hybridized carbons (Fsp3) is 0.206. The number of benzene rings is 4. The van der Waals surface area contributed by atoms with Crippen molar-refractivity contribution in [3.63, 3.8) is 0 Å². The van der Waals surface area contributed by atoms with Crippen molar-refractivity contribution in [1.82, 2.24) is 14.9 Å². The van der Waals surface area contributed by atoms with Crippen LogP contribution in [0.4, 0.5) is 14.6 Å². The third-order valence-corrected chi connectivity index (χ3v) is 7.60. The molecular formula is C34H30F2N4O3. The number of rotatable bonds is 10. The fourth-order valence-corrected chi connectivity index (χ4v) is 5.17. The van der Waals surface area contributed by atoms with E-state index in [9.17, 15) is 13.6 Å². The molecule has 5 aromatic rings. The highest BCUT2D eigenvalue weighted by Crippen LogP contribution is 2.33. The molecule has 6 rings (SSSR count). The van der Waals surface area contributed by atoms with Crippen molar-refractivity contribution in [2.24, 2.45) is 0 Å². The molecule has 7 nitrogen and oxygen atoms in total. The number of aromatic nitrogens is 2. The van der Waals surface area contributed by atoms with E-state index in [0.717, 1.165) is 58.1 Å². The van der Waals surface area contributed by atoms with Gasteiger partial charge in [0.2, 0.25) is 0 Å². The lowest BCUT2D eigenvalue weighted by Gasteiger charge is -2.23. The van der Waals surface area contributed by atoms with Gasteiger partial charge in [0.05, 0.1) is 25.3 Å². The number of hydrogen-bond donors (Lipinski definition) is 1. The van der Waals surface area contributed by atoms with Crippen LogP contribution < -0.4 is 14.8 Å². The van der Waals surface area contributed by atoms with Crippen molar-refractivity contribution in [1.29, 1.82) is 0 Å². The Hall–Kier alpha value is -5.05. The zero-order valence-corrected chi connectivity index (χ0v) is 23.8. The Morgan fingerprint density at radius 2 is 1.77 bits per heavy atom. The van der Waals surface area contributed by atoms with Gasteiger partial charge in [-0.3, -0.25) is 4.79 Å². The second-order valence-electron chi connectivity index (χ2n) is 10.5. The van der Waals surface area contributed by atoms with E-state index < -0.39 is 17.5 Å². The molecule has 1 heterocycles. The van der Waals surface area contributed by atoms with E-state index in [1.54, 1.807) is 19.1 Å². The molecule has 0 saturated heterocycles.